The van der Waals surface area contributed by atoms with Gasteiger partial charge in [-0.3, -0.25) is 0 Å². The lowest BCUT2D eigenvalue weighted by molar-refractivity contribution is -0.138. The second-order valence-corrected chi connectivity index (χ2v) is 8.24. The maximum atomic E-state index is 13.3. The van der Waals surface area contributed by atoms with Crippen molar-refractivity contribution in [2.75, 3.05) is 35.2 Å². The standard InChI is InChI=1S/C28H26O8/c1-30-19-8-5-16(6-9-19)11-20-25(17-7-10-21-22(12-17)35-15-34-21)28(29)36-26(20)18-13-23(31-2)27(33-4)24(14-18)32-3/h5-10,12-14,26H,11,15H2,1-4H3. The third-order valence-corrected chi connectivity index (χ3v) is 6.27. The summed E-state index contributed by atoms with van der Waals surface area (Å²) in [6, 6.07) is 16.8. The van der Waals surface area contributed by atoms with Crippen LogP contribution >= 0.6 is 0 Å². The first-order valence-corrected chi connectivity index (χ1v) is 11.3. The molecule has 0 radical (unpaired) electrons. The molecule has 0 saturated heterocycles. The van der Waals surface area contributed by atoms with Crippen LogP contribution in [-0.4, -0.2) is 41.2 Å². The minimum absolute atomic E-state index is 0.148. The van der Waals surface area contributed by atoms with E-state index in [1.54, 1.807) is 46.6 Å². The highest BCUT2D eigenvalue weighted by Gasteiger charge is 2.37. The van der Waals surface area contributed by atoms with Crippen LogP contribution in [0.2, 0.25) is 0 Å². The van der Waals surface area contributed by atoms with Crippen LogP contribution in [0.4, 0.5) is 0 Å². The predicted octanol–water partition coefficient (Wildman–Crippen LogP) is 4.74. The van der Waals surface area contributed by atoms with Crippen molar-refractivity contribution in [2.24, 2.45) is 0 Å². The topological polar surface area (TPSA) is 81.7 Å². The van der Waals surface area contributed by atoms with E-state index in [0.717, 1.165) is 16.9 Å². The van der Waals surface area contributed by atoms with Crippen molar-refractivity contribution in [3.63, 3.8) is 0 Å². The van der Waals surface area contributed by atoms with Crippen molar-refractivity contribution in [1.29, 1.82) is 0 Å². The summed E-state index contributed by atoms with van der Waals surface area (Å²) in [5.41, 5.74) is 3.70. The van der Waals surface area contributed by atoms with Crippen LogP contribution in [-0.2, 0) is 16.0 Å². The minimum Gasteiger partial charge on any atom is -0.497 e. The zero-order valence-electron chi connectivity index (χ0n) is 20.5. The second kappa shape index (κ2) is 9.73. The van der Waals surface area contributed by atoms with Gasteiger partial charge in [0.2, 0.25) is 12.5 Å². The number of cyclic esters (lactones) is 1. The normalized spacial score (nSPS) is 16.1. The number of benzene rings is 3. The van der Waals surface area contributed by atoms with Gasteiger partial charge in [-0.1, -0.05) is 18.2 Å². The van der Waals surface area contributed by atoms with Gasteiger partial charge in [0.25, 0.3) is 0 Å². The summed E-state index contributed by atoms with van der Waals surface area (Å²) in [6.45, 7) is 0.148. The molecular formula is C28H26O8. The van der Waals surface area contributed by atoms with E-state index in [9.17, 15) is 4.79 Å². The largest absolute Gasteiger partial charge is 0.497 e. The molecule has 2 aliphatic heterocycles. The predicted molar refractivity (Wildman–Crippen MR) is 131 cm³/mol. The molecule has 3 aromatic rings. The van der Waals surface area contributed by atoms with E-state index >= 15 is 0 Å². The molecular weight excluding hydrogens is 464 g/mol. The molecule has 36 heavy (non-hydrogen) atoms. The van der Waals surface area contributed by atoms with Crippen molar-refractivity contribution in [3.8, 4) is 34.5 Å². The van der Waals surface area contributed by atoms with Crippen LogP contribution in [0.15, 0.2) is 60.2 Å². The Morgan fingerprint density at radius 3 is 2.14 bits per heavy atom. The van der Waals surface area contributed by atoms with Gasteiger partial charge in [-0.15, -0.1) is 0 Å². The van der Waals surface area contributed by atoms with E-state index in [1.807, 2.05) is 36.4 Å². The molecule has 5 rings (SSSR count). The third-order valence-electron chi connectivity index (χ3n) is 6.27. The Labute approximate surface area is 208 Å². The van der Waals surface area contributed by atoms with Crippen LogP contribution in [0.1, 0.15) is 22.8 Å². The monoisotopic (exact) mass is 490 g/mol. The molecule has 0 aliphatic carbocycles. The first-order chi connectivity index (χ1) is 17.6. The van der Waals surface area contributed by atoms with Gasteiger partial charge in [-0.25, -0.2) is 4.79 Å². The van der Waals surface area contributed by atoms with Gasteiger partial charge in [0.05, 0.1) is 34.0 Å². The Kier molecular flexibility index (Phi) is 6.33. The summed E-state index contributed by atoms with van der Waals surface area (Å²) in [5, 5.41) is 0. The smallest absolute Gasteiger partial charge is 0.339 e. The van der Waals surface area contributed by atoms with Crippen molar-refractivity contribution >= 4 is 11.5 Å². The Morgan fingerprint density at radius 1 is 0.806 bits per heavy atom. The maximum Gasteiger partial charge on any atom is 0.339 e. The zero-order chi connectivity index (χ0) is 25.2. The minimum atomic E-state index is -0.659. The highest BCUT2D eigenvalue weighted by Crippen LogP contribution is 2.47. The molecule has 3 aromatic carbocycles. The van der Waals surface area contributed by atoms with Crippen molar-refractivity contribution in [2.45, 2.75) is 12.5 Å². The van der Waals surface area contributed by atoms with Crippen LogP contribution < -0.4 is 28.4 Å². The van der Waals surface area contributed by atoms with E-state index < -0.39 is 12.1 Å². The number of methoxy groups -OCH3 is 4. The molecule has 1 unspecified atom stereocenters. The van der Waals surface area contributed by atoms with Gasteiger partial charge in [-0.2, -0.15) is 0 Å². The fourth-order valence-corrected chi connectivity index (χ4v) is 4.52. The van der Waals surface area contributed by atoms with Gasteiger partial charge < -0.3 is 33.2 Å². The molecule has 0 spiro atoms. The molecule has 0 saturated carbocycles. The molecule has 0 bridgehead atoms. The van der Waals surface area contributed by atoms with Gasteiger partial charge in [0.15, 0.2) is 29.1 Å². The zero-order valence-corrected chi connectivity index (χ0v) is 20.5. The average Bonchev–Trinajstić information content (AvgIpc) is 3.51. The Hall–Kier alpha value is -4.33. The first-order valence-electron chi connectivity index (χ1n) is 11.3. The molecule has 0 aromatic heterocycles. The van der Waals surface area contributed by atoms with E-state index in [4.69, 9.17) is 33.2 Å². The van der Waals surface area contributed by atoms with E-state index in [2.05, 4.69) is 0 Å². The molecule has 2 heterocycles. The number of carbonyl (C=O) groups excluding carboxylic acids is 1. The SMILES string of the molecule is COc1ccc(CC2=C(c3ccc4c(c3)OCO4)C(=O)OC2c2cc(OC)c(OC)c(OC)c2)cc1. The Morgan fingerprint density at radius 2 is 1.50 bits per heavy atom. The average molecular weight is 491 g/mol. The summed E-state index contributed by atoms with van der Waals surface area (Å²) in [5.74, 6) is 2.98. The molecule has 0 fully saturated rings. The number of fused-ring (bicyclic) bond motifs is 1. The lowest BCUT2D eigenvalue weighted by Gasteiger charge is -2.19. The molecule has 8 heteroatoms. The molecule has 8 nitrogen and oxygen atoms in total. The number of ether oxygens (including phenoxy) is 7. The van der Waals surface area contributed by atoms with Gasteiger partial charge >= 0.3 is 5.97 Å². The van der Waals surface area contributed by atoms with Crippen molar-refractivity contribution < 1.29 is 38.0 Å². The van der Waals surface area contributed by atoms with Crippen molar-refractivity contribution in [3.05, 3.63) is 76.9 Å². The molecule has 1 atom stereocenters. The number of hydrogen-bond donors (Lipinski definition) is 0. The van der Waals surface area contributed by atoms with Gasteiger partial charge in [0, 0.05) is 5.56 Å². The van der Waals surface area contributed by atoms with Crippen LogP contribution in [0, 0.1) is 0 Å². The molecule has 186 valence electrons. The number of carbonyl (C=O) groups is 1. The van der Waals surface area contributed by atoms with E-state index in [-0.39, 0.29) is 6.79 Å². The van der Waals surface area contributed by atoms with E-state index in [0.29, 0.717) is 51.9 Å². The quantitative estimate of drug-likeness (QED) is 0.419. The van der Waals surface area contributed by atoms with Gasteiger partial charge in [-0.05, 0) is 59.5 Å². The maximum absolute atomic E-state index is 13.3. The lowest BCUT2D eigenvalue weighted by atomic mass is 9.90. The Balaban J connectivity index is 1.64. The summed E-state index contributed by atoms with van der Waals surface area (Å²) >= 11 is 0. The highest BCUT2D eigenvalue weighted by atomic mass is 16.7. The second-order valence-electron chi connectivity index (χ2n) is 8.24. The first kappa shape index (κ1) is 23.4. The summed E-state index contributed by atoms with van der Waals surface area (Å²) in [7, 11) is 6.27. The van der Waals surface area contributed by atoms with Crippen LogP contribution in [0.5, 0.6) is 34.5 Å². The van der Waals surface area contributed by atoms with E-state index in [1.165, 1.54) is 0 Å². The highest BCUT2D eigenvalue weighted by molar-refractivity contribution is 6.20. The fourth-order valence-electron chi connectivity index (χ4n) is 4.52. The van der Waals surface area contributed by atoms with Crippen LogP contribution in [0.25, 0.3) is 5.57 Å². The number of esters is 1. The Bertz CT molecular complexity index is 1300. The third kappa shape index (κ3) is 4.15. The molecule has 0 amide bonds. The fraction of sp³-hybridized carbons (Fsp3) is 0.250. The van der Waals surface area contributed by atoms with Crippen molar-refractivity contribution in [1.82, 2.24) is 0 Å². The molecule has 0 N–H and O–H groups in total. The van der Waals surface area contributed by atoms with Crippen LogP contribution in [0.3, 0.4) is 0 Å². The molecule has 2 aliphatic rings. The summed E-state index contributed by atoms with van der Waals surface area (Å²) < 4.78 is 38.8. The summed E-state index contributed by atoms with van der Waals surface area (Å²) in [6.07, 6.45) is -0.186. The lowest BCUT2D eigenvalue weighted by Crippen LogP contribution is -2.07. The van der Waals surface area contributed by atoms with Gasteiger partial charge in [0.1, 0.15) is 5.75 Å². The summed E-state index contributed by atoms with van der Waals surface area (Å²) in [4.78, 5) is 13.3. The number of hydrogen-bond acceptors (Lipinski definition) is 8. The number of rotatable bonds is 8.